The van der Waals surface area contributed by atoms with E-state index in [1.54, 1.807) is 0 Å². The van der Waals surface area contributed by atoms with Crippen LogP contribution < -0.4 is 5.32 Å². The minimum atomic E-state index is 0.0609. The van der Waals surface area contributed by atoms with Crippen LogP contribution in [-0.2, 0) is 4.79 Å². The number of hydrogen-bond donors (Lipinski definition) is 1. The molecule has 1 N–H and O–H groups in total. The van der Waals surface area contributed by atoms with E-state index in [0.29, 0.717) is 6.54 Å². The highest BCUT2D eigenvalue weighted by molar-refractivity contribution is 7.99. The summed E-state index contributed by atoms with van der Waals surface area (Å²) in [7, 11) is 0. The van der Waals surface area contributed by atoms with Gasteiger partial charge in [0.1, 0.15) is 0 Å². The molecule has 0 aromatic heterocycles. The monoisotopic (exact) mass is 403 g/mol. The van der Waals surface area contributed by atoms with Crippen molar-refractivity contribution in [3.05, 3.63) is 59.6 Å². The van der Waals surface area contributed by atoms with Crippen LogP contribution in [0.3, 0.4) is 0 Å². The minimum Gasteiger partial charge on any atom is -0.325 e. The van der Waals surface area contributed by atoms with Crippen molar-refractivity contribution in [1.29, 1.82) is 0 Å². The molecule has 0 unspecified atom stereocenters. The Balaban J connectivity index is 1.30. The summed E-state index contributed by atoms with van der Waals surface area (Å²) >= 11 is 8.01. The number of benzene rings is 2. The molecule has 1 fully saturated rings. The fraction of sp³-hybridized carbons (Fsp3) is 0.381. The summed E-state index contributed by atoms with van der Waals surface area (Å²) in [6.45, 7) is 5.50. The molecule has 0 bridgehead atoms. The highest BCUT2D eigenvalue weighted by Crippen LogP contribution is 2.26. The van der Waals surface area contributed by atoms with E-state index in [-0.39, 0.29) is 5.91 Å². The maximum Gasteiger partial charge on any atom is 0.238 e. The average Bonchev–Trinajstić information content (AvgIpc) is 2.68. The summed E-state index contributed by atoms with van der Waals surface area (Å²) in [6, 6.07) is 17.6. The third kappa shape index (κ3) is 6.85. The number of nitrogens with one attached hydrogen (secondary N) is 1. The third-order valence-corrected chi connectivity index (χ3v) is 6.20. The van der Waals surface area contributed by atoms with Crippen LogP contribution in [0.5, 0.6) is 0 Å². The second-order valence-corrected chi connectivity index (χ2v) is 8.21. The Morgan fingerprint density at radius 2 is 1.63 bits per heavy atom. The lowest BCUT2D eigenvalue weighted by atomic mass is 10.3. The number of amides is 1. The molecule has 0 spiro atoms. The molecule has 0 radical (unpaired) electrons. The minimum absolute atomic E-state index is 0.0609. The van der Waals surface area contributed by atoms with Crippen LogP contribution in [-0.4, -0.2) is 60.7 Å². The number of anilines is 1. The van der Waals surface area contributed by atoms with Crippen molar-refractivity contribution in [2.75, 3.05) is 50.3 Å². The molecule has 1 aliphatic rings. The highest BCUT2D eigenvalue weighted by atomic mass is 35.5. The summed E-state index contributed by atoms with van der Waals surface area (Å²) in [4.78, 5) is 18.0. The summed E-state index contributed by atoms with van der Waals surface area (Å²) in [5, 5.41) is 3.79. The van der Waals surface area contributed by atoms with E-state index in [0.717, 1.165) is 60.5 Å². The van der Waals surface area contributed by atoms with Crippen LogP contribution in [0.2, 0.25) is 5.02 Å². The van der Waals surface area contributed by atoms with Crippen molar-refractivity contribution in [3.8, 4) is 0 Å². The third-order valence-electron chi connectivity index (χ3n) is 4.60. The number of carbonyl (C=O) groups excluding carboxylic acids is 1. The van der Waals surface area contributed by atoms with Gasteiger partial charge in [-0.05, 0) is 43.0 Å². The van der Waals surface area contributed by atoms with E-state index in [1.807, 2.05) is 60.3 Å². The van der Waals surface area contributed by atoms with Gasteiger partial charge in [0, 0.05) is 36.8 Å². The van der Waals surface area contributed by atoms with Gasteiger partial charge in [0.05, 0.1) is 11.6 Å². The summed E-state index contributed by atoms with van der Waals surface area (Å²) in [6.07, 6.45) is 1.14. The number of thioether (sulfide) groups is 1. The molecule has 3 rings (SSSR count). The fourth-order valence-electron chi connectivity index (χ4n) is 3.13. The van der Waals surface area contributed by atoms with Gasteiger partial charge in [0.25, 0.3) is 0 Å². The quantitative estimate of drug-likeness (QED) is 0.532. The van der Waals surface area contributed by atoms with Crippen molar-refractivity contribution in [2.45, 2.75) is 11.3 Å². The van der Waals surface area contributed by atoms with Gasteiger partial charge in [-0.3, -0.25) is 9.69 Å². The standard InChI is InChI=1S/C21H26ClN3OS/c22-19-9-4-5-10-20(19)27-16-6-11-24-12-14-25(15-13-24)17-21(26)23-18-7-2-1-3-8-18/h1-5,7-10H,6,11-17H2,(H,23,26). The smallest absolute Gasteiger partial charge is 0.238 e. The molecular weight excluding hydrogens is 378 g/mol. The number of carbonyl (C=O) groups is 1. The Bertz CT molecular complexity index is 720. The maximum atomic E-state index is 12.2. The predicted molar refractivity (Wildman–Crippen MR) is 115 cm³/mol. The second kappa shape index (κ2) is 10.7. The van der Waals surface area contributed by atoms with Gasteiger partial charge in [-0.2, -0.15) is 0 Å². The molecule has 2 aromatic rings. The first kappa shape index (κ1) is 20.2. The van der Waals surface area contributed by atoms with Crippen LogP contribution in [0.4, 0.5) is 5.69 Å². The molecular formula is C21H26ClN3OS. The van der Waals surface area contributed by atoms with Crippen LogP contribution in [0.1, 0.15) is 6.42 Å². The molecule has 1 aliphatic heterocycles. The molecule has 0 aliphatic carbocycles. The molecule has 2 aromatic carbocycles. The van der Waals surface area contributed by atoms with Gasteiger partial charge in [0.15, 0.2) is 0 Å². The maximum absolute atomic E-state index is 12.2. The summed E-state index contributed by atoms with van der Waals surface area (Å²) < 4.78 is 0. The average molecular weight is 404 g/mol. The Morgan fingerprint density at radius 1 is 0.963 bits per heavy atom. The van der Waals surface area contributed by atoms with Crippen molar-refractivity contribution < 1.29 is 4.79 Å². The number of hydrogen-bond acceptors (Lipinski definition) is 4. The van der Waals surface area contributed by atoms with Crippen LogP contribution in [0.15, 0.2) is 59.5 Å². The largest absolute Gasteiger partial charge is 0.325 e. The number of para-hydroxylation sites is 1. The Morgan fingerprint density at radius 3 is 2.37 bits per heavy atom. The molecule has 144 valence electrons. The summed E-state index contributed by atoms with van der Waals surface area (Å²) in [5.41, 5.74) is 0.858. The second-order valence-electron chi connectivity index (χ2n) is 6.66. The van der Waals surface area contributed by atoms with E-state index in [9.17, 15) is 4.79 Å². The normalized spacial score (nSPS) is 15.6. The number of nitrogens with zero attached hydrogens (tertiary/aromatic N) is 2. The molecule has 27 heavy (non-hydrogen) atoms. The van der Waals surface area contributed by atoms with Crippen molar-refractivity contribution in [1.82, 2.24) is 9.80 Å². The lowest BCUT2D eigenvalue weighted by Crippen LogP contribution is -2.48. The van der Waals surface area contributed by atoms with Gasteiger partial charge in [-0.25, -0.2) is 0 Å². The lowest BCUT2D eigenvalue weighted by molar-refractivity contribution is -0.117. The van der Waals surface area contributed by atoms with Gasteiger partial charge < -0.3 is 10.2 Å². The molecule has 0 saturated carbocycles. The Labute approximate surface area is 170 Å². The van der Waals surface area contributed by atoms with E-state index < -0.39 is 0 Å². The predicted octanol–water partition coefficient (Wildman–Crippen LogP) is 4.08. The number of halogens is 1. The zero-order valence-corrected chi connectivity index (χ0v) is 17.0. The van der Waals surface area contributed by atoms with Gasteiger partial charge in [0.2, 0.25) is 5.91 Å². The first-order valence-electron chi connectivity index (χ1n) is 9.37. The Hall–Kier alpha value is -1.53. The van der Waals surface area contributed by atoms with E-state index in [2.05, 4.69) is 21.2 Å². The molecule has 6 heteroatoms. The lowest BCUT2D eigenvalue weighted by Gasteiger charge is -2.34. The van der Waals surface area contributed by atoms with Crippen LogP contribution in [0, 0.1) is 0 Å². The SMILES string of the molecule is O=C(CN1CCN(CCCSc2ccccc2Cl)CC1)Nc1ccccc1. The van der Waals surface area contributed by atoms with Crippen molar-refractivity contribution in [3.63, 3.8) is 0 Å². The zero-order valence-electron chi connectivity index (χ0n) is 15.4. The molecule has 4 nitrogen and oxygen atoms in total. The number of piperazine rings is 1. The first-order chi connectivity index (χ1) is 13.2. The molecule has 1 saturated heterocycles. The first-order valence-corrected chi connectivity index (χ1v) is 10.7. The topological polar surface area (TPSA) is 35.6 Å². The van der Waals surface area contributed by atoms with E-state index >= 15 is 0 Å². The van der Waals surface area contributed by atoms with Gasteiger partial charge >= 0.3 is 0 Å². The number of rotatable bonds is 8. The fourth-order valence-corrected chi connectivity index (χ4v) is 4.30. The van der Waals surface area contributed by atoms with Crippen LogP contribution in [0.25, 0.3) is 0 Å². The van der Waals surface area contributed by atoms with Crippen molar-refractivity contribution in [2.24, 2.45) is 0 Å². The highest BCUT2D eigenvalue weighted by Gasteiger charge is 2.18. The zero-order chi connectivity index (χ0) is 18.9. The van der Waals surface area contributed by atoms with E-state index in [4.69, 9.17) is 11.6 Å². The van der Waals surface area contributed by atoms with Gasteiger partial charge in [-0.15, -0.1) is 11.8 Å². The molecule has 1 heterocycles. The van der Waals surface area contributed by atoms with Crippen LogP contribution >= 0.6 is 23.4 Å². The summed E-state index contributed by atoms with van der Waals surface area (Å²) in [5.74, 6) is 1.13. The Kier molecular flexibility index (Phi) is 8.02. The van der Waals surface area contributed by atoms with Gasteiger partial charge in [-0.1, -0.05) is 41.9 Å². The van der Waals surface area contributed by atoms with Crippen molar-refractivity contribution >= 4 is 35.0 Å². The molecule has 1 amide bonds. The molecule has 0 atom stereocenters. The van der Waals surface area contributed by atoms with E-state index in [1.165, 1.54) is 0 Å².